The molecule has 0 radical (unpaired) electrons. The van der Waals surface area contributed by atoms with E-state index in [1.807, 2.05) is 19.9 Å². The van der Waals surface area contributed by atoms with Crippen LogP contribution >= 0.6 is 0 Å². The smallest absolute Gasteiger partial charge is 0.267 e. The van der Waals surface area contributed by atoms with Crippen LogP contribution < -0.4 is 20.1 Å². The molecule has 2 aromatic rings. The fourth-order valence-electron chi connectivity index (χ4n) is 2.44. The minimum Gasteiger partial charge on any atom is -0.493 e. The minimum absolute atomic E-state index is 0.154. The van der Waals surface area contributed by atoms with Crippen LogP contribution in [0.4, 0.5) is 0 Å². The van der Waals surface area contributed by atoms with E-state index in [0.717, 1.165) is 0 Å². The average Bonchev–Trinajstić information content (AvgIpc) is 2.71. The number of hydrogen-bond donors (Lipinski definition) is 2. The molecule has 2 amide bonds. The molecule has 2 aromatic carbocycles. The molecule has 0 fully saturated rings. The van der Waals surface area contributed by atoms with E-state index in [0.29, 0.717) is 29.2 Å². The molecule has 0 atom stereocenters. The summed E-state index contributed by atoms with van der Waals surface area (Å²) >= 11 is 0. The zero-order valence-corrected chi connectivity index (χ0v) is 16.6. The predicted octanol–water partition coefficient (Wildman–Crippen LogP) is 3.25. The van der Waals surface area contributed by atoms with E-state index in [-0.39, 0.29) is 23.4 Å². The molecule has 6 heteroatoms. The maximum Gasteiger partial charge on any atom is 0.267 e. The van der Waals surface area contributed by atoms with Gasteiger partial charge in [0.2, 0.25) is 0 Å². The van der Waals surface area contributed by atoms with Gasteiger partial charge in [0.1, 0.15) is 5.70 Å². The van der Waals surface area contributed by atoms with Crippen molar-refractivity contribution in [2.45, 2.75) is 13.8 Å². The van der Waals surface area contributed by atoms with Crippen molar-refractivity contribution in [1.82, 2.24) is 10.6 Å². The molecule has 0 aliphatic heterocycles. The monoisotopic (exact) mass is 382 g/mol. The fraction of sp³-hybridized carbons (Fsp3) is 0.273. The number of ether oxygens (including phenoxy) is 2. The Morgan fingerprint density at radius 2 is 1.68 bits per heavy atom. The van der Waals surface area contributed by atoms with Gasteiger partial charge in [-0.05, 0) is 41.8 Å². The molecule has 0 aliphatic carbocycles. The molecule has 0 unspecified atom stereocenters. The van der Waals surface area contributed by atoms with Crippen molar-refractivity contribution in [3.8, 4) is 11.5 Å². The molecule has 148 valence electrons. The van der Waals surface area contributed by atoms with Crippen molar-refractivity contribution >= 4 is 17.9 Å². The number of carbonyl (C=O) groups excluding carboxylic acids is 2. The van der Waals surface area contributed by atoms with Crippen molar-refractivity contribution in [1.29, 1.82) is 0 Å². The van der Waals surface area contributed by atoms with E-state index in [2.05, 4.69) is 10.6 Å². The Kier molecular flexibility index (Phi) is 7.63. The van der Waals surface area contributed by atoms with E-state index in [1.54, 1.807) is 62.8 Å². The molecule has 0 bridgehead atoms. The molecule has 0 aromatic heterocycles. The topological polar surface area (TPSA) is 76.7 Å². The Balaban J connectivity index is 2.33. The molecule has 0 saturated heterocycles. The molecular weight excluding hydrogens is 356 g/mol. The van der Waals surface area contributed by atoms with Crippen molar-refractivity contribution in [3.63, 3.8) is 0 Å². The quantitative estimate of drug-likeness (QED) is 0.687. The lowest BCUT2D eigenvalue weighted by atomic mass is 10.1. The Bertz CT molecular complexity index is 845. The Hall–Kier alpha value is -3.28. The number of amides is 2. The molecule has 2 rings (SSSR count). The van der Waals surface area contributed by atoms with Gasteiger partial charge in [0, 0.05) is 12.1 Å². The van der Waals surface area contributed by atoms with E-state index >= 15 is 0 Å². The molecule has 6 nitrogen and oxygen atoms in total. The second-order valence-electron chi connectivity index (χ2n) is 6.60. The van der Waals surface area contributed by atoms with Crippen LogP contribution in [0, 0.1) is 5.92 Å². The van der Waals surface area contributed by atoms with Crippen LogP contribution in [0.25, 0.3) is 6.08 Å². The maximum absolute atomic E-state index is 12.6. The SMILES string of the molecule is COc1ccc(C=C(NC(=O)c2ccccc2)C(=O)NCC(C)C)cc1OC. The lowest BCUT2D eigenvalue weighted by Gasteiger charge is -2.13. The summed E-state index contributed by atoms with van der Waals surface area (Å²) in [7, 11) is 3.09. The van der Waals surface area contributed by atoms with Gasteiger partial charge in [-0.2, -0.15) is 0 Å². The number of methoxy groups -OCH3 is 2. The summed E-state index contributed by atoms with van der Waals surface area (Å²) < 4.78 is 10.5. The molecule has 2 N–H and O–H groups in total. The van der Waals surface area contributed by atoms with Crippen LogP contribution in [0.2, 0.25) is 0 Å². The van der Waals surface area contributed by atoms with Gasteiger partial charge in [0.15, 0.2) is 11.5 Å². The maximum atomic E-state index is 12.6. The van der Waals surface area contributed by atoms with Gasteiger partial charge >= 0.3 is 0 Å². The predicted molar refractivity (Wildman–Crippen MR) is 109 cm³/mol. The van der Waals surface area contributed by atoms with Crippen LogP contribution in [0.5, 0.6) is 11.5 Å². The first-order chi connectivity index (χ1) is 13.4. The Morgan fingerprint density at radius 1 is 1.00 bits per heavy atom. The van der Waals surface area contributed by atoms with E-state index in [9.17, 15) is 9.59 Å². The number of hydrogen-bond acceptors (Lipinski definition) is 4. The van der Waals surface area contributed by atoms with Gasteiger partial charge in [-0.25, -0.2) is 0 Å². The third-order valence-corrected chi connectivity index (χ3v) is 3.92. The lowest BCUT2D eigenvalue weighted by molar-refractivity contribution is -0.117. The largest absolute Gasteiger partial charge is 0.493 e. The summed E-state index contributed by atoms with van der Waals surface area (Å²) in [6.45, 7) is 4.50. The van der Waals surface area contributed by atoms with Gasteiger partial charge in [0.25, 0.3) is 11.8 Å². The summed E-state index contributed by atoms with van der Waals surface area (Å²) in [6.07, 6.45) is 1.61. The lowest BCUT2D eigenvalue weighted by Crippen LogP contribution is -2.36. The third-order valence-electron chi connectivity index (χ3n) is 3.92. The first kappa shape index (κ1) is 21.0. The first-order valence-electron chi connectivity index (χ1n) is 9.03. The van der Waals surface area contributed by atoms with Gasteiger partial charge in [-0.15, -0.1) is 0 Å². The number of rotatable bonds is 8. The molecule has 0 aliphatic rings. The van der Waals surface area contributed by atoms with Crippen LogP contribution in [-0.4, -0.2) is 32.6 Å². The average molecular weight is 382 g/mol. The highest BCUT2D eigenvalue weighted by Gasteiger charge is 2.15. The van der Waals surface area contributed by atoms with Crippen molar-refractivity contribution in [3.05, 3.63) is 65.4 Å². The second kappa shape index (κ2) is 10.2. The molecule has 28 heavy (non-hydrogen) atoms. The van der Waals surface area contributed by atoms with Crippen molar-refractivity contribution in [2.24, 2.45) is 5.92 Å². The highest BCUT2D eigenvalue weighted by molar-refractivity contribution is 6.05. The summed E-state index contributed by atoms with van der Waals surface area (Å²) in [5.41, 5.74) is 1.32. The second-order valence-corrected chi connectivity index (χ2v) is 6.60. The van der Waals surface area contributed by atoms with Crippen LogP contribution in [-0.2, 0) is 4.79 Å². The van der Waals surface area contributed by atoms with Crippen molar-refractivity contribution < 1.29 is 19.1 Å². The molecule has 0 heterocycles. The van der Waals surface area contributed by atoms with E-state index in [4.69, 9.17) is 9.47 Å². The Morgan fingerprint density at radius 3 is 2.29 bits per heavy atom. The third kappa shape index (κ3) is 5.87. The zero-order valence-electron chi connectivity index (χ0n) is 16.6. The van der Waals surface area contributed by atoms with Gasteiger partial charge in [-0.1, -0.05) is 38.1 Å². The fourth-order valence-corrected chi connectivity index (χ4v) is 2.44. The van der Waals surface area contributed by atoms with E-state index < -0.39 is 0 Å². The zero-order chi connectivity index (χ0) is 20.5. The standard InChI is InChI=1S/C22H26N2O4/c1-15(2)14-23-22(26)18(24-21(25)17-8-6-5-7-9-17)12-16-10-11-19(27-3)20(13-16)28-4/h5-13,15H,14H2,1-4H3,(H,23,26)(H,24,25). The molecule has 0 spiro atoms. The van der Waals surface area contributed by atoms with Crippen LogP contribution in [0.1, 0.15) is 29.8 Å². The highest BCUT2D eigenvalue weighted by atomic mass is 16.5. The van der Waals surface area contributed by atoms with Crippen LogP contribution in [0.3, 0.4) is 0 Å². The Labute approximate surface area is 165 Å². The highest BCUT2D eigenvalue weighted by Crippen LogP contribution is 2.28. The number of carbonyl (C=O) groups is 2. The van der Waals surface area contributed by atoms with Gasteiger partial charge < -0.3 is 20.1 Å². The van der Waals surface area contributed by atoms with Gasteiger partial charge in [0.05, 0.1) is 14.2 Å². The summed E-state index contributed by atoms with van der Waals surface area (Å²) in [5.74, 6) is 0.697. The van der Waals surface area contributed by atoms with Crippen molar-refractivity contribution in [2.75, 3.05) is 20.8 Å². The first-order valence-corrected chi connectivity index (χ1v) is 9.03. The number of nitrogens with one attached hydrogen (secondary N) is 2. The normalized spacial score (nSPS) is 11.1. The summed E-state index contributed by atoms with van der Waals surface area (Å²) in [5, 5.41) is 5.54. The molecular formula is C22H26N2O4. The van der Waals surface area contributed by atoms with Gasteiger partial charge in [-0.3, -0.25) is 9.59 Å². The van der Waals surface area contributed by atoms with Crippen LogP contribution in [0.15, 0.2) is 54.2 Å². The van der Waals surface area contributed by atoms with E-state index in [1.165, 1.54) is 0 Å². The minimum atomic E-state index is -0.355. The molecule has 0 saturated carbocycles. The summed E-state index contributed by atoms with van der Waals surface area (Å²) in [6, 6.07) is 14.0. The number of benzene rings is 2. The summed E-state index contributed by atoms with van der Waals surface area (Å²) in [4.78, 5) is 25.2.